The van der Waals surface area contributed by atoms with Crippen molar-refractivity contribution < 1.29 is 19.2 Å². The average Bonchev–Trinajstić information content (AvgIpc) is 2.58. The first kappa shape index (κ1) is 19.4. The number of nitrogens with one attached hydrogen (secondary N) is 1. The van der Waals surface area contributed by atoms with Gasteiger partial charge in [-0.2, -0.15) is 0 Å². The highest BCUT2D eigenvalue weighted by Crippen LogP contribution is 2.25. The van der Waals surface area contributed by atoms with Gasteiger partial charge in [0, 0.05) is 11.8 Å². The van der Waals surface area contributed by atoms with Gasteiger partial charge in [0.1, 0.15) is 5.02 Å². The Hall–Kier alpha value is -2.93. The molecule has 1 unspecified atom stereocenters. The molecule has 0 aromatic heterocycles. The van der Waals surface area contributed by atoms with Crippen molar-refractivity contribution in [3.63, 3.8) is 0 Å². The monoisotopic (exact) mass is 376 g/mol. The number of halogens is 1. The van der Waals surface area contributed by atoms with Gasteiger partial charge in [-0.25, -0.2) is 4.79 Å². The lowest BCUT2D eigenvalue weighted by Crippen LogP contribution is -2.30. The molecule has 0 saturated carbocycles. The molecule has 0 saturated heterocycles. The van der Waals surface area contributed by atoms with Crippen molar-refractivity contribution >= 4 is 34.9 Å². The molecule has 0 aliphatic carbocycles. The molecule has 2 rings (SSSR count). The Morgan fingerprint density at radius 1 is 1.23 bits per heavy atom. The summed E-state index contributed by atoms with van der Waals surface area (Å²) in [5.74, 6) is -1.36. The van der Waals surface area contributed by atoms with Crippen LogP contribution in [0.4, 0.5) is 11.4 Å². The third kappa shape index (κ3) is 4.37. The van der Waals surface area contributed by atoms with Gasteiger partial charge in [0.05, 0.1) is 10.5 Å². The largest absolute Gasteiger partial charge is 0.449 e. The first-order valence-corrected chi connectivity index (χ1v) is 8.10. The molecule has 1 amide bonds. The molecule has 0 aliphatic rings. The zero-order chi connectivity index (χ0) is 19.4. The zero-order valence-corrected chi connectivity index (χ0v) is 15.2. The number of ether oxygens (including phenoxy) is 1. The van der Waals surface area contributed by atoms with Crippen molar-refractivity contribution in [2.45, 2.75) is 26.9 Å². The standard InChI is InChI=1S/C18H17ClN2O5/c1-10-5-4-6-15(11(10)2)20-17(22)12(3)26-18(23)13-7-8-14(19)16(9-13)21(24)25/h4-9,12H,1-3H3,(H,20,22). The number of amides is 1. The maximum Gasteiger partial charge on any atom is 0.339 e. The van der Waals surface area contributed by atoms with E-state index in [1.807, 2.05) is 26.0 Å². The van der Waals surface area contributed by atoms with Crippen molar-refractivity contribution in [3.8, 4) is 0 Å². The highest BCUT2D eigenvalue weighted by atomic mass is 35.5. The summed E-state index contributed by atoms with van der Waals surface area (Å²) in [4.78, 5) is 34.6. The van der Waals surface area contributed by atoms with Crippen LogP contribution in [-0.2, 0) is 9.53 Å². The second-order valence-corrected chi connectivity index (χ2v) is 6.11. The van der Waals surface area contributed by atoms with Crippen molar-refractivity contribution in [2.24, 2.45) is 0 Å². The van der Waals surface area contributed by atoms with E-state index in [1.165, 1.54) is 19.1 Å². The van der Waals surface area contributed by atoms with Crippen LogP contribution in [0.3, 0.4) is 0 Å². The summed E-state index contributed by atoms with van der Waals surface area (Å²) in [5.41, 5.74) is 2.08. The Balaban J connectivity index is 2.09. The molecule has 0 heterocycles. The van der Waals surface area contributed by atoms with Gasteiger partial charge in [0.25, 0.3) is 11.6 Å². The second kappa shape index (κ2) is 7.97. The molecule has 26 heavy (non-hydrogen) atoms. The number of hydrogen-bond acceptors (Lipinski definition) is 5. The molecule has 0 aliphatic heterocycles. The van der Waals surface area contributed by atoms with Gasteiger partial charge in [-0.3, -0.25) is 14.9 Å². The number of aryl methyl sites for hydroxylation is 1. The molecule has 2 aromatic rings. The number of carbonyl (C=O) groups excluding carboxylic acids is 2. The van der Waals surface area contributed by atoms with Crippen LogP contribution in [0.2, 0.25) is 5.02 Å². The minimum Gasteiger partial charge on any atom is -0.449 e. The maximum atomic E-state index is 12.3. The van der Waals surface area contributed by atoms with Crippen LogP contribution in [0.1, 0.15) is 28.4 Å². The number of carbonyl (C=O) groups is 2. The predicted octanol–water partition coefficient (Wildman–Crippen LogP) is 4.05. The molecule has 0 spiro atoms. The van der Waals surface area contributed by atoms with E-state index >= 15 is 0 Å². The highest BCUT2D eigenvalue weighted by Gasteiger charge is 2.22. The Morgan fingerprint density at radius 3 is 2.58 bits per heavy atom. The first-order chi connectivity index (χ1) is 12.2. The van der Waals surface area contributed by atoms with E-state index in [-0.39, 0.29) is 10.6 Å². The van der Waals surface area contributed by atoms with Crippen LogP contribution in [0.15, 0.2) is 36.4 Å². The maximum absolute atomic E-state index is 12.3. The fraction of sp³-hybridized carbons (Fsp3) is 0.222. The number of nitro benzene ring substituents is 1. The number of hydrogen-bond donors (Lipinski definition) is 1. The van der Waals surface area contributed by atoms with Crippen molar-refractivity contribution in [2.75, 3.05) is 5.32 Å². The van der Waals surface area contributed by atoms with Crippen molar-refractivity contribution in [3.05, 3.63) is 68.2 Å². The Kier molecular flexibility index (Phi) is 5.94. The molecule has 0 bridgehead atoms. The van der Waals surface area contributed by atoms with Gasteiger partial charge in [-0.1, -0.05) is 23.7 Å². The Morgan fingerprint density at radius 2 is 1.92 bits per heavy atom. The Labute approximate surface area is 155 Å². The summed E-state index contributed by atoms with van der Waals surface area (Å²) < 4.78 is 5.10. The fourth-order valence-electron chi connectivity index (χ4n) is 2.18. The van der Waals surface area contributed by atoms with Crippen molar-refractivity contribution in [1.82, 2.24) is 0 Å². The summed E-state index contributed by atoms with van der Waals surface area (Å²) in [6.07, 6.45) is -1.09. The lowest BCUT2D eigenvalue weighted by molar-refractivity contribution is -0.384. The van der Waals surface area contributed by atoms with Gasteiger partial charge in [0.15, 0.2) is 6.10 Å². The van der Waals surface area contributed by atoms with Crippen LogP contribution in [0.5, 0.6) is 0 Å². The smallest absolute Gasteiger partial charge is 0.339 e. The highest BCUT2D eigenvalue weighted by molar-refractivity contribution is 6.32. The van der Waals surface area contributed by atoms with E-state index in [0.29, 0.717) is 5.69 Å². The normalized spacial score (nSPS) is 11.5. The zero-order valence-electron chi connectivity index (χ0n) is 14.4. The van der Waals surface area contributed by atoms with E-state index in [0.717, 1.165) is 17.2 Å². The molecule has 8 heteroatoms. The third-order valence-electron chi connectivity index (χ3n) is 3.89. The lowest BCUT2D eigenvalue weighted by Gasteiger charge is -2.15. The van der Waals surface area contributed by atoms with E-state index in [1.54, 1.807) is 6.07 Å². The summed E-state index contributed by atoms with van der Waals surface area (Å²) in [6, 6.07) is 9.02. The van der Waals surface area contributed by atoms with Gasteiger partial charge in [0.2, 0.25) is 0 Å². The van der Waals surface area contributed by atoms with Crippen LogP contribution in [0.25, 0.3) is 0 Å². The Bertz CT molecular complexity index is 882. The van der Waals surface area contributed by atoms with Crippen molar-refractivity contribution in [1.29, 1.82) is 0 Å². The number of benzene rings is 2. The molecule has 7 nitrogen and oxygen atoms in total. The third-order valence-corrected chi connectivity index (χ3v) is 4.21. The van der Waals surface area contributed by atoms with E-state index in [2.05, 4.69) is 5.32 Å². The second-order valence-electron chi connectivity index (χ2n) is 5.71. The van der Waals surface area contributed by atoms with Gasteiger partial charge >= 0.3 is 5.97 Å². The molecule has 0 fully saturated rings. The quantitative estimate of drug-likeness (QED) is 0.482. The number of esters is 1. The molecular formula is C18H17ClN2O5. The fourth-order valence-corrected chi connectivity index (χ4v) is 2.37. The van der Waals surface area contributed by atoms with Crippen LogP contribution in [0, 0.1) is 24.0 Å². The van der Waals surface area contributed by atoms with E-state index < -0.39 is 28.6 Å². The molecule has 1 atom stereocenters. The number of anilines is 1. The predicted molar refractivity (Wildman–Crippen MR) is 97.5 cm³/mol. The van der Waals surface area contributed by atoms with E-state index in [9.17, 15) is 19.7 Å². The topological polar surface area (TPSA) is 98.5 Å². The summed E-state index contributed by atoms with van der Waals surface area (Å²) >= 11 is 5.71. The van der Waals surface area contributed by atoms with Gasteiger partial charge < -0.3 is 10.1 Å². The SMILES string of the molecule is Cc1cccc(NC(=O)C(C)OC(=O)c2ccc(Cl)c([N+](=O)[O-])c2)c1C. The summed E-state index contributed by atoms with van der Waals surface area (Å²) in [7, 11) is 0. The molecule has 136 valence electrons. The van der Waals surface area contributed by atoms with Gasteiger partial charge in [-0.05, 0) is 50.1 Å². The minimum atomic E-state index is -1.09. The molecular weight excluding hydrogens is 360 g/mol. The van der Waals surface area contributed by atoms with Crippen LogP contribution >= 0.6 is 11.6 Å². The van der Waals surface area contributed by atoms with Crippen LogP contribution < -0.4 is 5.32 Å². The van der Waals surface area contributed by atoms with Gasteiger partial charge in [-0.15, -0.1) is 0 Å². The number of rotatable bonds is 5. The molecule has 2 aromatic carbocycles. The number of nitro groups is 1. The molecule has 1 N–H and O–H groups in total. The average molecular weight is 377 g/mol. The van der Waals surface area contributed by atoms with Crippen LogP contribution in [-0.4, -0.2) is 22.9 Å². The summed E-state index contributed by atoms with van der Waals surface area (Å²) in [5, 5.41) is 13.5. The lowest BCUT2D eigenvalue weighted by atomic mass is 10.1. The first-order valence-electron chi connectivity index (χ1n) is 7.72. The van der Waals surface area contributed by atoms with E-state index in [4.69, 9.17) is 16.3 Å². The minimum absolute atomic E-state index is 0.0625. The molecule has 0 radical (unpaired) electrons. The number of nitrogens with zero attached hydrogens (tertiary/aromatic N) is 1. The summed E-state index contributed by atoms with van der Waals surface area (Å²) in [6.45, 7) is 5.21.